The Balaban J connectivity index is 2.02. The fourth-order valence-electron chi connectivity index (χ4n) is 5.16. The van der Waals surface area contributed by atoms with Gasteiger partial charge < -0.3 is 15.0 Å². The van der Waals surface area contributed by atoms with Gasteiger partial charge in [-0.1, -0.05) is 25.1 Å². The molecule has 25 heavy (non-hydrogen) atoms. The molecule has 0 bridgehead atoms. The van der Waals surface area contributed by atoms with Crippen molar-refractivity contribution in [2.75, 3.05) is 19.0 Å². The molecular weight excluding hydrogens is 316 g/mol. The first-order chi connectivity index (χ1) is 12.1. The van der Waals surface area contributed by atoms with Crippen LogP contribution in [-0.2, 0) is 14.3 Å². The van der Waals surface area contributed by atoms with Gasteiger partial charge >= 0.3 is 0 Å². The number of amides is 2. The number of nitrogens with zero attached hydrogens (tertiary/aromatic N) is 1. The van der Waals surface area contributed by atoms with Crippen LogP contribution in [0.25, 0.3) is 5.57 Å². The zero-order valence-corrected chi connectivity index (χ0v) is 14.8. The summed E-state index contributed by atoms with van der Waals surface area (Å²) in [5, 5.41) is 3.03. The maximum Gasteiger partial charge on any atom is 0.249 e. The second kappa shape index (κ2) is 5.70. The van der Waals surface area contributed by atoms with E-state index in [2.05, 4.69) is 12.2 Å². The molecule has 5 nitrogen and oxygen atoms in total. The Kier molecular flexibility index (Phi) is 3.72. The smallest absolute Gasteiger partial charge is 0.249 e. The normalized spacial score (nSPS) is 31.3. The molecule has 5 heteroatoms. The molecular formula is C20H24N2O3. The first kappa shape index (κ1) is 16.3. The minimum absolute atomic E-state index is 0.0103. The molecule has 0 radical (unpaired) electrons. The molecule has 1 N–H and O–H groups in total. The first-order valence-corrected chi connectivity index (χ1v) is 9.06. The number of benzene rings is 1. The molecule has 3 aliphatic heterocycles. The van der Waals surface area contributed by atoms with Crippen molar-refractivity contribution in [3.63, 3.8) is 0 Å². The van der Waals surface area contributed by atoms with Gasteiger partial charge in [-0.05, 0) is 31.7 Å². The van der Waals surface area contributed by atoms with Crippen LogP contribution in [0.15, 0.2) is 30.3 Å². The summed E-state index contributed by atoms with van der Waals surface area (Å²) in [5.41, 5.74) is 1.48. The fourth-order valence-corrected chi connectivity index (χ4v) is 5.16. The average Bonchev–Trinajstić information content (AvgIpc) is 2.95. The van der Waals surface area contributed by atoms with E-state index in [1.165, 1.54) is 0 Å². The van der Waals surface area contributed by atoms with Gasteiger partial charge in [0.05, 0.1) is 0 Å². The summed E-state index contributed by atoms with van der Waals surface area (Å²) in [5.74, 6) is 0.0339. The van der Waals surface area contributed by atoms with Gasteiger partial charge in [0.1, 0.15) is 0 Å². The van der Waals surface area contributed by atoms with Crippen molar-refractivity contribution >= 4 is 23.1 Å². The van der Waals surface area contributed by atoms with Crippen molar-refractivity contribution < 1.29 is 14.3 Å². The van der Waals surface area contributed by atoms with E-state index in [-0.39, 0.29) is 17.2 Å². The number of para-hydroxylation sites is 1. The molecule has 0 saturated carbocycles. The lowest BCUT2D eigenvalue weighted by Crippen LogP contribution is -2.63. The topological polar surface area (TPSA) is 58.6 Å². The Morgan fingerprint density at radius 1 is 1.24 bits per heavy atom. The lowest BCUT2D eigenvalue weighted by atomic mass is 9.63. The Morgan fingerprint density at radius 2 is 2.04 bits per heavy atom. The van der Waals surface area contributed by atoms with Gasteiger partial charge in [0.15, 0.2) is 5.72 Å². The number of anilines is 1. The van der Waals surface area contributed by atoms with Gasteiger partial charge in [-0.3, -0.25) is 9.59 Å². The maximum atomic E-state index is 12.8. The molecule has 2 atom stereocenters. The van der Waals surface area contributed by atoms with Crippen molar-refractivity contribution in [1.82, 2.24) is 4.90 Å². The van der Waals surface area contributed by atoms with Crippen molar-refractivity contribution in [3.8, 4) is 0 Å². The van der Waals surface area contributed by atoms with Crippen molar-refractivity contribution in [3.05, 3.63) is 35.9 Å². The van der Waals surface area contributed by atoms with Crippen molar-refractivity contribution in [1.29, 1.82) is 0 Å². The number of fused-ring (bicyclic) bond motifs is 2. The summed E-state index contributed by atoms with van der Waals surface area (Å²) in [4.78, 5) is 27.2. The highest BCUT2D eigenvalue weighted by molar-refractivity contribution is 6.06. The summed E-state index contributed by atoms with van der Waals surface area (Å²) >= 11 is 0. The zero-order valence-electron chi connectivity index (χ0n) is 14.8. The van der Waals surface area contributed by atoms with Crippen LogP contribution in [0.1, 0.15) is 44.6 Å². The van der Waals surface area contributed by atoms with Crippen LogP contribution in [0.3, 0.4) is 0 Å². The number of hydrogen-bond acceptors (Lipinski definition) is 3. The monoisotopic (exact) mass is 340 g/mol. The number of rotatable bonds is 2. The molecule has 3 aliphatic rings. The van der Waals surface area contributed by atoms with E-state index in [4.69, 9.17) is 4.74 Å². The average molecular weight is 340 g/mol. The summed E-state index contributed by atoms with van der Waals surface area (Å²) in [6.07, 6.45) is 5.61. The SMILES string of the molecule is CCC12CCCN3C(=O)C=C(c4ccccc4NC(=O)CC1)C32OC. The third kappa shape index (κ3) is 2.05. The molecule has 2 unspecified atom stereocenters. The van der Waals surface area contributed by atoms with E-state index in [1.54, 1.807) is 13.2 Å². The largest absolute Gasteiger partial charge is 0.354 e. The number of hydrogen-bond donors (Lipinski definition) is 1. The third-order valence-corrected chi connectivity index (χ3v) is 6.33. The predicted octanol–water partition coefficient (Wildman–Crippen LogP) is 3.18. The Hall–Kier alpha value is -2.14. The highest BCUT2D eigenvalue weighted by Gasteiger charge is 2.63. The van der Waals surface area contributed by atoms with Crippen molar-refractivity contribution in [2.45, 2.75) is 44.8 Å². The number of piperidine rings is 1. The molecule has 0 spiro atoms. The lowest BCUT2D eigenvalue weighted by molar-refractivity contribution is -0.197. The third-order valence-electron chi connectivity index (χ3n) is 6.33. The molecule has 4 rings (SSSR count). The summed E-state index contributed by atoms with van der Waals surface area (Å²) < 4.78 is 6.22. The molecule has 0 aliphatic carbocycles. The second-order valence-corrected chi connectivity index (χ2v) is 7.23. The minimum Gasteiger partial charge on any atom is -0.354 e. The Morgan fingerprint density at radius 3 is 2.80 bits per heavy atom. The molecule has 1 fully saturated rings. The molecule has 0 aromatic heterocycles. The number of methoxy groups -OCH3 is 1. The first-order valence-electron chi connectivity index (χ1n) is 9.06. The van der Waals surface area contributed by atoms with Crippen LogP contribution < -0.4 is 5.32 Å². The molecule has 132 valence electrons. The van der Waals surface area contributed by atoms with E-state index < -0.39 is 5.72 Å². The quantitative estimate of drug-likeness (QED) is 0.899. The number of ether oxygens (including phenoxy) is 1. The number of carbonyl (C=O) groups is 2. The van der Waals surface area contributed by atoms with Crippen LogP contribution in [0.2, 0.25) is 0 Å². The van der Waals surface area contributed by atoms with Gasteiger partial charge in [0.2, 0.25) is 11.8 Å². The van der Waals surface area contributed by atoms with Gasteiger partial charge in [-0.15, -0.1) is 0 Å². The summed E-state index contributed by atoms with van der Waals surface area (Å²) in [7, 11) is 1.70. The standard InChI is InChI=1S/C20H24N2O3/c1-3-19-10-6-12-22-18(24)13-15(20(19,22)25-2)14-7-4-5-8-16(14)21-17(23)9-11-19/h4-5,7-8,13H,3,6,9-12H2,1-2H3,(H,21,23). The second-order valence-electron chi connectivity index (χ2n) is 7.23. The number of nitrogens with one attached hydrogen (secondary N) is 1. The highest BCUT2D eigenvalue weighted by Crippen LogP contribution is 2.59. The zero-order chi connectivity index (χ0) is 17.7. The molecule has 1 aromatic carbocycles. The summed E-state index contributed by atoms with van der Waals surface area (Å²) in [6.45, 7) is 2.84. The van der Waals surface area contributed by atoms with E-state index in [0.717, 1.165) is 36.1 Å². The molecule has 3 heterocycles. The van der Waals surface area contributed by atoms with E-state index in [0.29, 0.717) is 19.4 Å². The van der Waals surface area contributed by atoms with Crippen LogP contribution >= 0.6 is 0 Å². The molecule has 2 amide bonds. The fraction of sp³-hybridized carbons (Fsp3) is 0.500. The highest BCUT2D eigenvalue weighted by atomic mass is 16.5. The van der Waals surface area contributed by atoms with Crippen molar-refractivity contribution in [2.24, 2.45) is 5.41 Å². The van der Waals surface area contributed by atoms with Gasteiger partial charge in [0.25, 0.3) is 0 Å². The Bertz CT molecular complexity index is 772. The lowest BCUT2D eigenvalue weighted by Gasteiger charge is -2.56. The molecule has 1 saturated heterocycles. The van der Waals surface area contributed by atoms with E-state index >= 15 is 0 Å². The van der Waals surface area contributed by atoms with Crippen LogP contribution in [-0.4, -0.2) is 36.1 Å². The maximum absolute atomic E-state index is 12.8. The van der Waals surface area contributed by atoms with Crippen LogP contribution in [0, 0.1) is 5.41 Å². The van der Waals surface area contributed by atoms with Crippen LogP contribution in [0.5, 0.6) is 0 Å². The van der Waals surface area contributed by atoms with Gasteiger partial charge in [-0.2, -0.15) is 0 Å². The minimum atomic E-state index is -0.792. The number of carbonyl (C=O) groups excluding carboxylic acids is 2. The van der Waals surface area contributed by atoms with E-state index in [1.807, 2.05) is 29.2 Å². The van der Waals surface area contributed by atoms with E-state index in [9.17, 15) is 9.59 Å². The van der Waals surface area contributed by atoms with Crippen LogP contribution in [0.4, 0.5) is 5.69 Å². The predicted molar refractivity (Wildman–Crippen MR) is 95.7 cm³/mol. The Labute approximate surface area is 148 Å². The summed E-state index contributed by atoms with van der Waals surface area (Å²) in [6, 6.07) is 7.71. The molecule has 1 aromatic rings. The van der Waals surface area contributed by atoms with Gasteiger partial charge in [-0.25, -0.2) is 0 Å². The van der Waals surface area contributed by atoms with Gasteiger partial charge in [0, 0.05) is 48.4 Å².